The SMILES string of the molecule is C.COC1=C(OC)C(=O)C(CCCCCCCCCCO)=C(C)C1=O.COC1=C(OC)C(=O)C(CCCCCCCCCCOC(=O)Cc2ccc(O)c([N+](=O)[O-])c2)=C(C)C1=O.O=C(O)Cc1ccc(O)c([N+](=O)[O-])c1. The number of carbonyl (C=O) groups excluding carboxylic acids is 5. The van der Waals surface area contributed by atoms with Crippen LogP contribution in [0.1, 0.15) is 148 Å². The van der Waals surface area contributed by atoms with Gasteiger partial charge in [0.25, 0.3) is 0 Å². The largest absolute Gasteiger partial charge is 0.502 e. The molecule has 0 aromatic heterocycles. The van der Waals surface area contributed by atoms with Gasteiger partial charge in [0, 0.05) is 41.0 Å². The third kappa shape index (κ3) is 21.4. The van der Waals surface area contributed by atoms with Gasteiger partial charge < -0.3 is 44.1 Å². The third-order valence-corrected chi connectivity index (χ3v) is 12.3. The van der Waals surface area contributed by atoms with Gasteiger partial charge in [0.1, 0.15) is 0 Å². The third-order valence-electron chi connectivity index (χ3n) is 12.3. The predicted octanol–water partition coefficient (Wildman–Crippen LogP) is 9.90. The number of nitro groups is 2. The van der Waals surface area contributed by atoms with E-state index < -0.39 is 44.7 Å². The van der Waals surface area contributed by atoms with Crippen molar-refractivity contribution in [3.63, 3.8) is 0 Å². The molecular formula is C55H76N2O19. The summed E-state index contributed by atoms with van der Waals surface area (Å²) in [5.41, 5.74) is 1.73. The number of carbonyl (C=O) groups is 6. The summed E-state index contributed by atoms with van der Waals surface area (Å²) >= 11 is 0. The number of aliphatic hydroxyl groups is 1. The summed E-state index contributed by atoms with van der Waals surface area (Å²) in [5.74, 6) is -3.55. The first kappa shape index (κ1) is 66.6. The molecule has 0 radical (unpaired) electrons. The van der Waals surface area contributed by atoms with Crippen molar-refractivity contribution in [1.29, 1.82) is 0 Å². The Bertz CT molecular complexity index is 2470. The number of hydrogen-bond acceptors (Lipinski definition) is 18. The first-order valence-corrected chi connectivity index (χ1v) is 24.9. The van der Waals surface area contributed by atoms with E-state index in [1.807, 2.05) is 0 Å². The number of rotatable bonds is 31. The average Bonchev–Trinajstić information content (AvgIpc) is 3.37. The second-order valence-electron chi connectivity index (χ2n) is 17.7. The smallest absolute Gasteiger partial charge is 0.310 e. The fraction of sp³-hybridized carbons (Fsp3) is 0.527. The molecule has 0 saturated carbocycles. The number of esters is 1. The lowest BCUT2D eigenvalue weighted by atomic mass is 9.89. The number of ketones is 4. The number of allylic oxidation sites excluding steroid dienone is 4. The fourth-order valence-corrected chi connectivity index (χ4v) is 8.15. The molecule has 0 heterocycles. The second-order valence-corrected chi connectivity index (χ2v) is 17.7. The zero-order chi connectivity index (χ0) is 56.0. The summed E-state index contributed by atoms with van der Waals surface area (Å²) < 4.78 is 25.5. The first-order valence-electron chi connectivity index (χ1n) is 24.9. The fourth-order valence-electron chi connectivity index (χ4n) is 8.15. The number of nitro benzene ring substituents is 2. The van der Waals surface area contributed by atoms with Crippen LogP contribution in [0.25, 0.3) is 0 Å². The lowest BCUT2D eigenvalue weighted by Gasteiger charge is -2.20. The van der Waals surface area contributed by atoms with Crippen LogP contribution in [0.3, 0.4) is 0 Å². The van der Waals surface area contributed by atoms with Gasteiger partial charge in [-0.15, -0.1) is 0 Å². The van der Waals surface area contributed by atoms with Crippen molar-refractivity contribution in [2.45, 2.75) is 150 Å². The van der Waals surface area contributed by atoms with E-state index in [-0.39, 0.29) is 78.6 Å². The molecule has 4 N–H and O–H groups in total. The topological polar surface area (TPSA) is 316 Å². The molecule has 0 spiro atoms. The van der Waals surface area contributed by atoms with Gasteiger partial charge in [0.2, 0.25) is 46.2 Å². The maximum Gasteiger partial charge on any atom is 0.310 e. The molecule has 76 heavy (non-hydrogen) atoms. The highest BCUT2D eigenvalue weighted by atomic mass is 16.6. The van der Waals surface area contributed by atoms with Crippen LogP contribution in [0.5, 0.6) is 11.5 Å². The number of ether oxygens (including phenoxy) is 5. The van der Waals surface area contributed by atoms with Crippen LogP contribution in [0.4, 0.5) is 11.4 Å². The van der Waals surface area contributed by atoms with Gasteiger partial charge in [0.05, 0.1) is 57.7 Å². The number of nitrogens with zero attached hydrogens (tertiary/aromatic N) is 2. The van der Waals surface area contributed by atoms with Gasteiger partial charge >= 0.3 is 23.3 Å². The Labute approximate surface area is 443 Å². The van der Waals surface area contributed by atoms with Crippen LogP contribution >= 0.6 is 0 Å². The van der Waals surface area contributed by atoms with E-state index in [0.29, 0.717) is 47.3 Å². The number of carboxylic acids is 1. The van der Waals surface area contributed by atoms with Crippen LogP contribution < -0.4 is 0 Å². The van der Waals surface area contributed by atoms with Gasteiger partial charge in [-0.3, -0.25) is 49.0 Å². The Morgan fingerprint density at radius 1 is 0.513 bits per heavy atom. The number of benzene rings is 2. The minimum atomic E-state index is -1.08. The van der Waals surface area contributed by atoms with Crippen LogP contribution in [0, 0.1) is 20.2 Å². The normalized spacial score (nSPS) is 13.3. The molecule has 0 amide bonds. The average molecular weight is 1070 g/mol. The van der Waals surface area contributed by atoms with Gasteiger partial charge in [-0.2, -0.15) is 0 Å². The van der Waals surface area contributed by atoms with Crippen molar-refractivity contribution < 1.29 is 82.7 Å². The van der Waals surface area contributed by atoms with E-state index in [0.717, 1.165) is 95.6 Å². The van der Waals surface area contributed by atoms with Crippen LogP contribution in [0.15, 0.2) is 81.7 Å². The highest BCUT2D eigenvalue weighted by Gasteiger charge is 2.35. The van der Waals surface area contributed by atoms with Crippen LogP contribution in [0.2, 0.25) is 0 Å². The number of unbranched alkanes of at least 4 members (excludes halogenated alkanes) is 14. The molecule has 2 aromatic carbocycles. The summed E-state index contributed by atoms with van der Waals surface area (Å²) in [5, 5.41) is 56.9. The molecule has 21 nitrogen and oxygen atoms in total. The second kappa shape index (κ2) is 35.7. The molecular weight excluding hydrogens is 993 g/mol. The Morgan fingerprint density at radius 2 is 0.842 bits per heavy atom. The Kier molecular flexibility index (Phi) is 31.3. The van der Waals surface area contributed by atoms with Crippen molar-refractivity contribution in [2.75, 3.05) is 41.7 Å². The summed E-state index contributed by atoms with van der Waals surface area (Å²) in [7, 11) is 5.46. The monoisotopic (exact) mass is 1070 g/mol. The number of aromatic hydroxyl groups is 2. The maximum atomic E-state index is 12.6. The van der Waals surface area contributed by atoms with Gasteiger partial charge in [-0.1, -0.05) is 96.6 Å². The Hall–Kier alpha value is -7.42. The molecule has 0 atom stereocenters. The maximum absolute atomic E-state index is 12.6. The molecule has 2 aromatic rings. The molecule has 0 aliphatic heterocycles. The zero-order valence-electron chi connectivity index (χ0n) is 43.8. The lowest BCUT2D eigenvalue weighted by molar-refractivity contribution is -0.386. The van der Waals surface area contributed by atoms with E-state index >= 15 is 0 Å². The van der Waals surface area contributed by atoms with Crippen molar-refractivity contribution in [2.24, 2.45) is 0 Å². The Balaban J connectivity index is 0.000000631. The first-order chi connectivity index (χ1) is 35.8. The van der Waals surface area contributed by atoms with Crippen molar-refractivity contribution in [3.8, 4) is 11.5 Å². The summed E-state index contributed by atoms with van der Waals surface area (Å²) in [6.07, 6.45) is 16.9. The van der Waals surface area contributed by atoms with E-state index in [1.54, 1.807) is 13.8 Å². The van der Waals surface area contributed by atoms with Gasteiger partial charge in [0.15, 0.2) is 11.5 Å². The number of aliphatic carboxylic acids is 1. The highest BCUT2D eigenvalue weighted by Crippen LogP contribution is 2.31. The summed E-state index contributed by atoms with van der Waals surface area (Å²) in [6.45, 7) is 3.91. The molecule has 0 saturated heterocycles. The molecule has 21 heteroatoms. The Morgan fingerprint density at radius 3 is 1.18 bits per heavy atom. The number of methoxy groups -OCH3 is 4. The summed E-state index contributed by atoms with van der Waals surface area (Å²) in [4.78, 5) is 91.7. The summed E-state index contributed by atoms with van der Waals surface area (Å²) in [6, 6.07) is 7.31. The minimum absolute atomic E-state index is 0. The molecule has 2 aliphatic rings. The molecule has 4 rings (SSSR count). The van der Waals surface area contributed by atoms with Crippen LogP contribution in [-0.4, -0.2) is 107 Å². The highest BCUT2D eigenvalue weighted by molar-refractivity contribution is 6.24. The zero-order valence-corrected chi connectivity index (χ0v) is 43.8. The molecule has 0 bridgehead atoms. The van der Waals surface area contributed by atoms with E-state index in [1.165, 1.54) is 72.0 Å². The quantitative estimate of drug-likeness (QED) is 0.0179. The number of aliphatic hydroxyl groups excluding tert-OH is 1. The standard InChI is InChI=1S/C27H35NO9.C19H30O5.C8H7NO5.CH4/c1-18-20(25(32)27(36-3)26(35-2)24(18)31)12-10-8-6-4-5-7-9-11-15-37-23(30)17-19-13-14-22(29)21(16-19)28(33)34;1-14-15(12-10-8-6-4-5-7-9-11-13-20)17(22)19(24-3)18(23-2)16(14)21;10-7-2-1-5(4-8(11)12)3-6(7)9(13)14;/h13-14,16,29H,4-12,15,17H2,1-3H3;20H,4-13H2,1-3H3;1-3,10H,4H2,(H,11,12);1H4. The van der Waals surface area contributed by atoms with E-state index in [2.05, 4.69) is 0 Å². The number of carboxylic acid groups (broad SMARTS) is 1. The number of hydrogen-bond donors (Lipinski definition) is 4. The number of phenols is 2. The van der Waals surface area contributed by atoms with Gasteiger partial charge in [-0.25, -0.2) is 0 Å². The number of Topliss-reactive ketones (excluding diaryl/α,β-unsaturated/α-hetero) is 4. The van der Waals surface area contributed by atoms with Gasteiger partial charge in [-0.05, 0) is 75.6 Å². The number of phenolic OH excluding ortho intramolecular Hbond substituents is 2. The van der Waals surface area contributed by atoms with Crippen molar-refractivity contribution in [3.05, 3.63) is 113 Å². The molecule has 2 aliphatic carbocycles. The predicted molar refractivity (Wildman–Crippen MR) is 280 cm³/mol. The van der Waals surface area contributed by atoms with Crippen molar-refractivity contribution in [1.82, 2.24) is 0 Å². The molecule has 0 unspecified atom stereocenters. The van der Waals surface area contributed by atoms with E-state index in [9.17, 15) is 54.1 Å². The van der Waals surface area contributed by atoms with Crippen molar-refractivity contribution >= 4 is 46.4 Å². The molecule has 420 valence electrons. The lowest BCUT2D eigenvalue weighted by Crippen LogP contribution is -2.25. The minimum Gasteiger partial charge on any atom is -0.502 e. The molecule has 0 fully saturated rings. The van der Waals surface area contributed by atoms with Crippen LogP contribution in [-0.2, 0) is 65.3 Å². The van der Waals surface area contributed by atoms with E-state index in [4.69, 9.17) is 39.0 Å².